The number of nitrogens with zero attached hydrogens (tertiary/aromatic N) is 2. The number of ether oxygens (including phenoxy) is 1. The van der Waals surface area contributed by atoms with Gasteiger partial charge in [0, 0.05) is 4.75 Å². The molecule has 0 amide bonds. The molecular weight excluding hydrogens is 240 g/mol. The minimum Gasteiger partial charge on any atom is -0.452 e. The lowest BCUT2D eigenvalue weighted by Gasteiger charge is -2.17. The lowest BCUT2D eigenvalue weighted by Crippen LogP contribution is -2.16. The van der Waals surface area contributed by atoms with Crippen molar-refractivity contribution in [3.8, 4) is 0 Å². The van der Waals surface area contributed by atoms with Crippen molar-refractivity contribution in [1.82, 2.24) is 10.1 Å². The van der Waals surface area contributed by atoms with Gasteiger partial charge in [0.25, 0.3) is 5.89 Å². The molecule has 1 heterocycles. The Morgan fingerprint density at radius 3 is 2.65 bits per heavy atom. The van der Waals surface area contributed by atoms with E-state index in [1.165, 1.54) is 0 Å². The second-order valence-corrected chi connectivity index (χ2v) is 6.52. The Bertz CT molecular complexity index is 384. The molecule has 0 saturated heterocycles. The monoisotopic (exact) mass is 258 g/mol. The Balaban J connectivity index is 2.41. The molecule has 1 rings (SSSR count). The Labute approximate surface area is 105 Å². The highest BCUT2D eigenvalue weighted by Crippen LogP contribution is 2.24. The van der Waals surface area contributed by atoms with Crippen molar-refractivity contribution in [2.75, 3.05) is 5.75 Å². The third-order valence-corrected chi connectivity index (χ3v) is 3.07. The first-order valence-corrected chi connectivity index (χ1v) is 6.40. The van der Waals surface area contributed by atoms with E-state index in [2.05, 4.69) is 30.9 Å². The summed E-state index contributed by atoms with van der Waals surface area (Å²) in [6.45, 7) is 9.59. The maximum absolute atomic E-state index is 11.5. The highest BCUT2D eigenvalue weighted by molar-refractivity contribution is 8.01. The Hall–Kier alpha value is -1.04. The molecule has 1 unspecified atom stereocenters. The van der Waals surface area contributed by atoms with Gasteiger partial charge >= 0.3 is 5.97 Å². The number of thioether (sulfide) groups is 1. The molecule has 0 bridgehead atoms. The predicted molar refractivity (Wildman–Crippen MR) is 65.8 cm³/mol. The van der Waals surface area contributed by atoms with Crippen LogP contribution < -0.4 is 0 Å². The summed E-state index contributed by atoms with van der Waals surface area (Å²) >= 11 is 1.54. The van der Waals surface area contributed by atoms with Crippen molar-refractivity contribution in [2.24, 2.45) is 0 Å². The average molecular weight is 258 g/mol. The summed E-state index contributed by atoms with van der Waals surface area (Å²) in [4.78, 5) is 15.6. The number of rotatable bonds is 4. The van der Waals surface area contributed by atoms with Crippen LogP contribution in [0.2, 0.25) is 0 Å². The van der Waals surface area contributed by atoms with E-state index in [1.54, 1.807) is 25.6 Å². The number of hydrogen-bond acceptors (Lipinski definition) is 6. The largest absolute Gasteiger partial charge is 0.452 e. The van der Waals surface area contributed by atoms with Crippen LogP contribution in [0.1, 0.15) is 45.5 Å². The molecule has 0 saturated carbocycles. The van der Waals surface area contributed by atoms with Crippen molar-refractivity contribution in [3.05, 3.63) is 11.7 Å². The van der Waals surface area contributed by atoms with Crippen molar-refractivity contribution >= 4 is 17.7 Å². The maximum Gasteiger partial charge on any atom is 0.316 e. The molecular formula is C11H18N2O3S. The minimum atomic E-state index is -0.496. The first-order chi connectivity index (χ1) is 7.78. The average Bonchev–Trinajstić information content (AvgIpc) is 2.61. The summed E-state index contributed by atoms with van der Waals surface area (Å²) in [6, 6.07) is 0. The van der Waals surface area contributed by atoms with E-state index in [-0.39, 0.29) is 10.7 Å². The van der Waals surface area contributed by atoms with Gasteiger partial charge in [-0.15, -0.1) is 11.8 Å². The second kappa shape index (κ2) is 5.53. The molecule has 96 valence electrons. The quantitative estimate of drug-likeness (QED) is 0.773. The van der Waals surface area contributed by atoms with Crippen LogP contribution >= 0.6 is 11.8 Å². The molecule has 1 atom stereocenters. The smallest absolute Gasteiger partial charge is 0.316 e. The standard InChI is InChI=1S/C11H18N2O3S/c1-7(10-12-8(2)13-16-10)15-9(14)6-17-11(3,4)5/h7H,6H2,1-5H3. The van der Waals surface area contributed by atoms with E-state index in [0.29, 0.717) is 17.5 Å². The minimum absolute atomic E-state index is 0.0450. The van der Waals surface area contributed by atoms with E-state index in [4.69, 9.17) is 9.26 Å². The molecule has 0 spiro atoms. The fraction of sp³-hybridized carbons (Fsp3) is 0.727. The van der Waals surface area contributed by atoms with Gasteiger partial charge in [-0.1, -0.05) is 25.9 Å². The summed E-state index contributed by atoms with van der Waals surface area (Å²) in [5.74, 6) is 0.915. The van der Waals surface area contributed by atoms with Gasteiger partial charge in [0.05, 0.1) is 5.75 Å². The van der Waals surface area contributed by atoms with E-state index < -0.39 is 6.10 Å². The molecule has 5 nitrogen and oxygen atoms in total. The third kappa shape index (κ3) is 5.21. The molecule has 6 heteroatoms. The van der Waals surface area contributed by atoms with Crippen LogP contribution in [0, 0.1) is 6.92 Å². The van der Waals surface area contributed by atoms with Gasteiger partial charge in [0.2, 0.25) is 0 Å². The van der Waals surface area contributed by atoms with Crippen LogP contribution in [0.15, 0.2) is 4.52 Å². The zero-order valence-electron chi connectivity index (χ0n) is 10.8. The number of aryl methyl sites for hydroxylation is 1. The van der Waals surface area contributed by atoms with E-state index in [9.17, 15) is 4.79 Å². The third-order valence-electron chi connectivity index (χ3n) is 1.82. The van der Waals surface area contributed by atoms with E-state index in [0.717, 1.165) is 0 Å². The number of carbonyl (C=O) groups is 1. The van der Waals surface area contributed by atoms with Crippen molar-refractivity contribution in [2.45, 2.75) is 45.5 Å². The first kappa shape index (κ1) is 14.0. The SMILES string of the molecule is Cc1noc(C(C)OC(=O)CSC(C)(C)C)n1. The summed E-state index contributed by atoms with van der Waals surface area (Å²) in [6.07, 6.45) is -0.496. The van der Waals surface area contributed by atoms with Crippen LogP contribution in [0.3, 0.4) is 0 Å². The van der Waals surface area contributed by atoms with Gasteiger partial charge < -0.3 is 9.26 Å². The van der Waals surface area contributed by atoms with Crippen molar-refractivity contribution in [1.29, 1.82) is 0 Å². The van der Waals surface area contributed by atoms with Crippen molar-refractivity contribution in [3.63, 3.8) is 0 Å². The fourth-order valence-corrected chi connectivity index (χ4v) is 1.65. The molecule has 0 aliphatic rings. The van der Waals surface area contributed by atoms with E-state index in [1.807, 2.05) is 0 Å². The predicted octanol–water partition coefficient (Wildman–Crippen LogP) is 2.51. The molecule has 1 aromatic heterocycles. The van der Waals surface area contributed by atoms with Crippen LogP contribution in [0.5, 0.6) is 0 Å². The molecule has 0 aliphatic carbocycles. The summed E-state index contributed by atoms with van der Waals surface area (Å²) in [5, 5.41) is 3.65. The fourth-order valence-electron chi connectivity index (χ4n) is 1.04. The van der Waals surface area contributed by atoms with Gasteiger partial charge in [-0.3, -0.25) is 4.79 Å². The molecule has 0 aromatic carbocycles. The summed E-state index contributed by atoms with van der Waals surface area (Å²) in [5.41, 5.74) is 0. The van der Waals surface area contributed by atoms with Crippen molar-refractivity contribution < 1.29 is 14.1 Å². The van der Waals surface area contributed by atoms with Gasteiger partial charge in [-0.05, 0) is 13.8 Å². The molecule has 0 aliphatic heterocycles. The molecule has 0 N–H and O–H groups in total. The van der Waals surface area contributed by atoms with Crippen LogP contribution in [-0.4, -0.2) is 26.6 Å². The Kier molecular flexibility index (Phi) is 4.56. The Morgan fingerprint density at radius 1 is 1.53 bits per heavy atom. The number of carbonyl (C=O) groups excluding carboxylic acids is 1. The molecule has 0 radical (unpaired) electrons. The van der Waals surface area contributed by atoms with Crippen LogP contribution in [-0.2, 0) is 9.53 Å². The Morgan fingerprint density at radius 2 is 2.18 bits per heavy atom. The molecule has 17 heavy (non-hydrogen) atoms. The lowest BCUT2D eigenvalue weighted by molar-refractivity contribution is -0.146. The number of hydrogen-bond donors (Lipinski definition) is 0. The van der Waals surface area contributed by atoms with Crippen LogP contribution in [0.25, 0.3) is 0 Å². The summed E-state index contributed by atoms with van der Waals surface area (Å²) in [7, 11) is 0. The normalized spacial score (nSPS) is 13.5. The number of esters is 1. The molecule has 0 fully saturated rings. The highest BCUT2D eigenvalue weighted by Gasteiger charge is 2.19. The van der Waals surface area contributed by atoms with Gasteiger partial charge in [0.15, 0.2) is 11.9 Å². The first-order valence-electron chi connectivity index (χ1n) is 5.41. The number of aromatic nitrogens is 2. The second-order valence-electron chi connectivity index (χ2n) is 4.71. The van der Waals surface area contributed by atoms with E-state index >= 15 is 0 Å². The van der Waals surface area contributed by atoms with Gasteiger partial charge in [-0.25, -0.2) is 0 Å². The van der Waals surface area contributed by atoms with Crippen LogP contribution in [0.4, 0.5) is 0 Å². The van der Waals surface area contributed by atoms with Gasteiger partial charge in [-0.2, -0.15) is 4.98 Å². The molecule has 1 aromatic rings. The topological polar surface area (TPSA) is 65.2 Å². The zero-order chi connectivity index (χ0) is 13.1. The lowest BCUT2D eigenvalue weighted by atomic mass is 10.3. The summed E-state index contributed by atoms with van der Waals surface area (Å²) < 4.78 is 10.2. The van der Waals surface area contributed by atoms with Gasteiger partial charge in [0.1, 0.15) is 0 Å². The zero-order valence-corrected chi connectivity index (χ0v) is 11.6. The maximum atomic E-state index is 11.5. The highest BCUT2D eigenvalue weighted by atomic mass is 32.2.